The Morgan fingerprint density at radius 2 is 2.05 bits per heavy atom. The van der Waals surface area contributed by atoms with Crippen LogP contribution in [0.25, 0.3) is 10.9 Å². The topological polar surface area (TPSA) is 110 Å². The van der Waals surface area contributed by atoms with Gasteiger partial charge >= 0.3 is 0 Å². The Kier molecular flexibility index (Phi) is 7.86. The van der Waals surface area contributed by atoms with Crippen LogP contribution in [-0.4, -0.2) is 56.2 Å². The molecule has 2 atom stereocenters. The summed E-state index contributed by atoms with van der Waals surface area (Å²) < 4.78 is 12.2. The van der Waals surface area contributed by atoms with Crippen molar-refractivity contribution in [3.8, 4) is 11.5 Å². The number of benzene rings is 2. The molecule has 0 radical (unpaired) electrons. The molecule has 5 rings (SSSR count). The molecule has 196 valence electrons. The second kappa shape index (κ2) is 11.6. The van der Waals surface area contributed by atoms with Crippen LogP contribution in [0.1, 0.15) is 25.5 Å². The van der Waals surface area contributed by atoms with Crippen LogP contribution in [0.3, 0.4) is 0 Å². The van der Waals surface area contributed by atoms with Crippen LogP contribution in [0.5, 0.6) is 11.5 Å². The maximum Gasteiger partial charge on any atom is 0.248 e. The van der Waals surface area contributed by atoms with E-state index < -0.39 is 6.61 Å². The maximum absolute atomic E-state index is 12.2. The van der Waals surface area contributed by atoms with Crippen LogP contribution in [0.4, 0.5) is 11.5 Å². The van der Waals surface area contributed by atoms with E-state index in [1.807, 2.05) is 49.4 Å². The fourth-order valence-electron chi connectivity index (χ4n) is 4.70. The van der Waals surface area contributed by atoms with Gasteiger partial charge < -0.3 is 24.8 Å². The number of rotatable bonds is 9. The minimum atomic E-state index is -0.505. The van der Waals surface area contributed by atoms with Crippen LogP contribution >= 0.6 is 11.6 Å². The van der Waals surface area contributed by atoms with E-state index in [2.05, 4.69) is 20.3 Å². The largest absolute Gasteiger partial charge is 0.488 e. The number of halogens is 1. The summed E-state index contributed by atoms with van der Waals surface area (Å²) in [5.74, 6) is 1.43. The number of nitrogens with one attached hydrogen (secondary N) is 1. The van der Waals surface area contributed by atoms with Crippen molar-refractivity contribution in [3.05, 3.63) is 77.8 Å². The number of pyridine rings is 1. The van der Waals surface area contributed by atoms with Crippen molar-refractivity contribution < 1.29 is 19.4 Å². The Hall–Kier alpha value is -3.95. The Labute approximate surface area is 225 Å². The first-order valence-corrected chi connectivity index (χ1v) is 12.8. The number of ether oxygens (including phenoxy) is 2. The van der Waals surface area contributed by atoms with Gasteiger partial charge in [-0.1, -0.05) is 23.7 Å². The molecule has 10 heteroatoms. The minimum absolute atomic E-state index is 0.122. The lowest BCUT2D eigenvalue weighted by Crippen LogP contribution is -2.45. The molecule has 0 saturated carbocycles. The highest BCUT2D eigenvalue weighted by atomic mass is 35.5. The van der Waals surface area contributed by atoms with Gasteiger partial charge in [0.2, 0.25) is 5.91 Å². The van der Waals surface area contributed by atoms with E-state index in [1.165, 1.54) is 6.33 Å². The number of fused-ring (bicyclic) bond motifs is 1. The first kappa shape index (κ1) is 25.7. The molecule has 38 heavy (non-hydrogen) atoms. The molecule has 1 saturated heterocycles. The number of aliphatic hydroxyl groups is 1. The number of hydrogen-bond acceptors (Lipinski definition) is 8. The molecule has 4 aromatic rings. The van der Waals surface area contributed by atoms with E-state index >= 15 is 0 Å². The van der Waals surface area contributed by atoms with Gasteiger partial charge in [0.15, 0.2) is 0 Å². The van der Waals surface area contributed by atoms with Gasteiger partial charge in [0, 0.05) is 18.4 Å². The highest BCUT2D eigenvalue weighted by Gasteiger charge is 2.33. The molecule has 0 bridgehead atoms. The molecule has 1 aliphatic heterocycles. The van der Waals surface area contributed by atoms with Gasteiger partial charge in [0.05, 0.1) is 27.7 Å². The van der Waals surface area contributed by atoms with Crippen molar-refractivity contribution in [1.82, 2.24) is 19.9 Å². The predicted octanol–water partition coefficient (Wildman–Crippen LogP) is 4.75. The minimum Gasteiger partial charge on any atom is -0.488 e. The lowest BCUT2D eigenvalue weighted by Gasteiger charge is -2.30. The number of hydrogen-bond donors (Lipinski definition) is 2. The quantitative estimate of drug-likeness (QED) is 0.317. The van der Waals surface area contributed by atoms with Crippen molar-refractivity contribution in [2.45, 2.75) is 38.5 Å². The fraction of sp³-hybridized carbons (Fsp3) is 0.286. The van der Waals surface area contributed by atoms with Crippen molar-refractivity contribution in [1.29, 1.82) is 0 Å². The maximum atomic E-state index is 12.2. The average Bonchev–Trinajstić information content (AvgIpc) is 3.43. The van der Waals surface area contributed by atoms with E-state index in [1.54, 1.807) is 23.2 Å². The van der Waals surface area contributed by atoms with Gasteiger partial charge in [-0.2, -0.15) is 0 Å². The summed E-state index contributed by atoms with van der Waals surface area (Å²) in [7, 11) is 0. The summed E-state index contributed by atoms with van der Waals surface area (Å²) in [6.07, 6.45) is 4.60. The first-order chi connectivity index (χ1) is 18.5. The highest BCUT2D eigenvalue weighted by molar-refractivity contribution is 6.32. The first-order valence-electron chi connectivity index (χ1n) is 12.4. The number of carbonyl (C=O) groups is 1. The lowest BCUT2D eigenvalue weighted by atomic mass is 10.1. The Balaban J connectivity index is 1.36. The van der Waals surface area contributed by atoms with Crippen LogP contribution in [0, 0.1) is 0 Å². The monoisotopic (exact) mass is 533 g/mol. The molecular formula is C28H28ClN5O4. The Morgan fingerprint density at radius 3 is 2.84 bits per heavy atom. The number of anilines is 2. The van der Waals surface area contributed by atoms with Gasteiger partial charge in [-0.3, -0.25) is 9.78 Å². The predicted molar refractivity (Wildman–Crippen MR) is 145 cm³/mol. The number of aromatic nitrogens is 3. The number of nitrogens with zero attached hydrogens (tertiary/aromatic N) is 4. The summed E-state index contributed by atoms with van der Waals surface area (Å²) in [5.41, 5.74) is 2.24. The molecule has 0 spiro atoms. The van der Waals surface area contributed by atoms with E-state index in [4.69, 9.17) is 21.1 Å². The van der Waals surface area contributed by atoms with Gasteiger partial charge in [0.25, 0.3) is 0 Å². The van der Waals surface area contributed by atoms with Crippen molar-refractivity contribution in [2.24, 2.45) is 0 Å². The molecule has 3 heterocycles. The van der Waals surface area contributed by atoms with Crippen LogP contribution in [-0.2, 0) is 11.4 Å². The molecule has 9 nitrogen and oxygen atoms in total. The van der Waals surface area contributed by atoms with Crippen molar-refractivity contribution in [3.63, 3.8) is 0 Å². The van der Waals surface area contributed by atoms with E-state index in [0.717, 1.165) is 24.2 Å². The Morgan fingerprint density at radius 1 is 1.16 bits per heavy atom. The molecule has 0 unspecified atom stereocenters. The molecule has 1 aliphatic rings. The summed E-state index contributed by atoms with van der Waals surface area (Å²) >= 11 is 6.51. The molecule has 1 amide bonds. The second-order valence-electron chi connectivity index (χ2n) is 9.03. The number of likely N-dealkylation sites (tertiary alicyclic amines) is 1. The molecule has 2 N–H and O–H groups in total. The summed E-state index contributed by atoms with van der Waals surface area (Å²) in [6.45, 7) is 2.36. The van der Waals surface area contributed by atoms with Crippen LogP contribution in [0.15, 0.2) is 67.1 Å². The fourth-order valence-corrected chi connectivity index (χ4v) is 4.93. The zero-order valence-electron chi connectivity index (χ0n) is 20.9. The van der Waals surface area contributed by atoms with Gasteiger partial charge in [-0.05, 0) is 62.2 Å². The van der Waals surface area contributed by atoms with Crippen molar-refractivity contribution in [2.75, 3.05) is 18.5 Å². The van der Waals surface area contributed by atoms with Crippen LogP contribution in [0.2, 0.25) is 5.02 Å². The van der Waals surface area contributed by atoms with Gasteiger partial charge in [0.1, 0.15) is 43.0 Å². The Bertz CT molecular complexity index is 1420. The third kappa shape index (κ3) is 5.64. The van der Waals surface area contributed by atoms with E-state index in [-0.39, 0.29) is 18.1 Å². The van der Waals surface area contributed by atoms with Crippen molar-refractivity contribution >= 4 is 39.9 Å². The molecular weight excluding hydrogens is 506 g/mol. The van der Waals surface area contributed by atoms with E-state index in [9.17, 15) is 9.90 Å². The zero-order valence-corrected chi connectivity index (χ0v) is 21.6. The number of amides is 1. The number of aliphatic hydroxyl groups excluding tert-OH is 1. The van der Waals surface area contributed by atoms with Gasteiger partial charge in [-0.15, -0.1) is 0 Å². The average molecular weight is 534 g/mol. The summed E-state index contributed by atoms with van der Waals surface area (Å²) in [5, 5.41) is 13.8. The summed E-state index contributed by atoms with van der Waals surface area (Å²) in [4.78, 5) is 27.0. The third-order valence-corrected chi connectivity index (χ3v) is 6.83. The standard InChI is InChI=1S/C28H28ClN5O4/c1-18(23-8-5-13-34(23)26(36)15-35)38-25-9-4-7-22-27(25)28(32-17-31-22)33-19-10-11-24(21(29)14-19)37-16-20-6-2-3-12-30-20/h2-4,6-7,9-12,14,17-18,23,35H,5,8,13,15-16H2,1H3,(H,31,32,33)/t18-,23-/m1/s1. The molecule has 2 aromatic carbocycles. The molecule has 1 fully saturated rings. The SMILES string of the molecule is C[C@@H](Oc1cccc2ncnc(Nc3ccc(OCc4ccccn4)c(Cl)c3)c12)[C@H]1CCCN1C(=O)CO. The molecule has 0 aliphatic carbocycles. The van der Waals surface area contributed by atoms with E-state index in [0.29, 0.717) is 46.4 Å². The molecule has 2 aromatic heterocycles. The zero-order chi connectivity index (χ0) is 26.5. The lowest BCUT2D eigenvalue weighted by molar-refractivity contribution is -0.136. The number of carbonyl (C=O) groups excluding carboxylic acids is 1. The second-order valence-corrected chi connectivity index (χ2v) is 9.44. The smallest absolute Gasteiger partial charge is 0.248 e. The van der Waals surface area contributed by atoms with Gasteiger partial charge in [-0.25, -0.2) is 9.97 Å². The summed E-state index contributed by atoms with van der Waals surface area (Å²) in [6, 6.07) is 16.6. The normalized spacial score (nSPS) is 15.9. The van der Waals surface area contributed by atoms with Crippen LogP contribution < -0.4 is 14.8 Å². The third-order valence-electron chi connectivity index (χ3n) is 6.53. The highest BCUT2D eigenvalue weighted by Crippen LogP contribution is 2.35.